The summed E-state index contributed by atoms with van der Waals surface area (Å²) in [5.74, 6) is 1.31. The van der Waals surface area contributed by atoms with Gasteiger partial charge in [-0.05, 0) is 41.5 Å². The lowest BCUT2D eigenvalue weighted by Gasteiger charge is -2.14. The van der Waals surface area contributed by atoms with Crippen molar-refractivity contribution in [3.63, 3.8) is 0 Å². The molecular weight excluding hydrogens is 378 g/mol. The van der Waals surface area contributed by atoms with E-state index in [2.05, 4.69) is 0 Å². The summed E-state index contributed by atoms with van der Waals surface area (Å²) in [4.78, 5) is 14.9. The van der Waals surface area contributed by atoms with Crippen molar-refractivity contribution in [1.29, 1.82) is 0 Å². The fraction of sp³-hybridized carbons (Fsp3) is 0.111. The molecule has 1 amide bonds. The molecule has 0 bridgehead atoms. The van der Waals surface area contributed by atoms with Gasteiger partial charge in [0.25, 0.3) is 5.91 Å². The van der Waals surface area contributed by atoms with Crippen LogP contribution < -0.4 is 9.47 Å². The minimum Gasteiger partial charge on any atom is -0.454 e. The number of fused-ring (bicyclic) bond motifs is 1. The Kier molecular flexibility index (Phi) is 4.41. The maximum Gasteiger partial charge on any atom is 0.266 e. The summed E-state index contributed by atoms with van der Waals surface area (Å²) >= 11 is 12.7. The highest BCUT2D eigenvalue weighted by Crippen LogP contribution is 2.36. The molecule has 4 nitrogen and oxygen atoms in total. The number of thioether (sulfide) groups is 1. The van der Waals surface area contributed by atoms with Gasteiger partial charge in [-0.25, -0.2) is 0 Å². The van der Waals surface area contributed by atoms with Crippen molar-refractivity contribution in [3.8, 4) is 11.5 Å². The molecule has 2 aromatic rings. The highest BCUT2D eigenvalue weighted by atomic mass is 35.5. The number of hydrogen-bond acceptors (Lipinski definition) is 5. The smallest absolute Gasteiger partial charge is 0.266 e. The first-order chi connectivity index (χ1) is 12.1. The molecule has 7 heteroatoms. The molecular formula is C18H12ClNO3S2. The predicted octanol–water partition coefficient (Wildman–Crippen LogP) is 4.47. The molecule has 2 heterocycles. The van der Waals surface area contributed by atoms with Gasteiger partial charge in [-0.2, -0.15) is 0 Å². The van der Waals surface area contributed by atoms with Gasteiger partial charge in [0, 0.05) is 5.02 Å². The molecule has 0 N–H and O–H groups in total. The van der Waals surface area contributed by atoms with Crippen LogP contribution in [-0.2, 0) is 11.3 Å². The minimum atomic E-state index is -0.104. The van der Waals surface area contributed by atoms with Crippen LogP contribution in [0.1, 0.15) is 11.1 Å². The van der Waals surface area contributed by atoms with Gasteiger partial charge < -0.3 is 9.47 Å². The highest BCUT2D eigenvalue weighted by Gasteiger charge is 2.32. The van der Waals surface area contributed by atoms with Crippen LogP contribution in [-0.4, -0.2) is 21.9 Å². The number of thiocarbonyl (C=S) groups is 1. The summed E-state index contributed by atoms with van der Waals surface area (Å²) in [6.45, 7) is 0.621. The first-order valence-electron chi connectivity index (χ1n) is 7.49. The fourth-order valence-electron chi connectivity index (χ4n) is 2.61. The second kappa shape index (κ2) is 6.71. The number of benzene rings is 2. The second-order valence-electron chi connectivity index (χ2n) is 5.51. The summed E-state index contributed by atoms with van der Waals surface area (Å²) in [6, 6.07) is 13.0. The van der Waals surface area contributed by atoms with Crippen LogP contribution in [0.25, 0.3) is 6.08 Å². The Morgan fingerprint density at radius 1 is 1.20 bits per heavy atom. The van der Waals surface area contributed by atoms with Crippen molar-refractivity contribution >= 4 is 51.9 Å². The lowest BCUT2D eigenvalue weighted by atomic mass is 10.2. The maximum atomic E-state index is 12.7. The van der Waals surface area contributed by atoms with Gasteiger partial charge in [-0.15, -0.1) is 0 Å². The zero-order valence-electron chi connectivity index (χ0n) is 12.9. The largest absolute Gasteiger partial charge is 0.454 e. The lowest BCUT2D eigenvalue weighted by Crippen LogP contribution is -2.27. The lowest BCUT2D eigenvalue weighted by molar-refractivity contribution is -0.122. The molecule has 126 valence electrons. The number of hydrogen-bond donors (Lipinski definition) is 0. The number of ether oxygens (including phenoxy) is 2. The third kappa shape index (κ3) is 3.38. The van der Waals surface area contributed by atoms with Gasteiger partial charge in [-0.1, -0.05) is 53.8 Å². The SMILES string of the molecule is O=C1/C(=C\c2cccc(Cl)c2)SC(=S)N1Cc1ccc2c(c1)OCO2. The van der Waals surface area contributed by atoms with E-state index < -0.39 is 0 Å². The average molecular weight is 390 g/mol. The normalized spacial score (nSPS) is 17.6. The minimum absolute atomic E-state index is 0.104. The molecule has 2 aliphatic rings. The third-order valence-corrected chi connectivity index (χ3v) is 5.41. The number of halogens is 1. The molecule has 0 radical (unpaired) electrons. The Labute approximate surface area is 159 Å². The molecule has 1 fully saturated rings. The van der Waals surface area contributed by atoms with Crippen LogP contribution >= 0.6 is 35.6 Å². The quantitative estimate of drug-likeness (QED) is 0.572. The van der Waals surface area contributed by atoms with Crippen molar-refractivity contribution in [2.75, 3.05) is 6.79 Å². The van der Waals surface area contributed by atoms with E-state index in [0.717, 1.165) is 16.9 Å². The molecule has 1 saturated heterocycles. The number of amides is 1. The van der Waals surface area contributed by atoms with E-state index in [0.29, 0.717) is 26.5 Å². The van der Waals surface area contributed by atoms with E-state index in [9.17, 15) is 4.79 Å². The third-order valence-electron chi connectivity index (χ3n) is 3.80. The van der Waals surface area contributed by atoms with Gasteiger partial charge in [0.15, 0.2) is 11.5 Å². The van der Waals surface area contributed by atoms with E-state index in [1.165, 1.54) is 11.8 Å². The average Bonchev–Trinajstić information content (AvgIpc) is 3.15. The van der Waals surface area contributed by atoms with Crippen LogP contribution in [0.4, 0.5) is 0 Å². The summed E-state index contributed by atoms with van der Waals surface area (Å²) in [5.41, 5.74) is 1.81. The topological polar surface area (TPSA) is 38.8 Å². The highest BCUT2D eigenvalue weighted by molar-refractivity contribution is 8.26. The zero-order chi connectivity index (χ0) is 17.4. The van der Waals surface area contributed by atoms with E-state index in [-0.39, 0.29) is 12.7 Å². The van der Waals surface area contributed by atoms with E-state index >= 15 is 0 Å². The monoisotopic (exact) mass is 389 g/mol. The predicted molar refractivity (Wildman–Crippen MR) is 103 cm³/mol. The Bertz CT molecular complexity index is 913. The van der Waals surface area contributed by atoms with Crippen LogP contribution in [0, 0.1) is 0 Å². The van der Waals surface area contributed by atoms with Gasteiger partial charge in [0.2, 0.25) is 6.79 Å². The first kappa shape index (κ1) is 16.4. The first-order valence-corrected chi connectivity index (χ1v) is 9.10. The Morgan fingerprint density at radius 2 is 2.04 bits per heavy atom. The van der Waals surface area contributed by atoms with Gasteiger partial charge in [0.1, 0.15) is 4.32 Å². The fourth-order valence-corrected chi connectivity index (χ4v) is 4.06. The van der Waals surface area contributed by atoms with E-state index in [1.807, 2.05) is 42.5 Å². The van der Waals surface area contributed by atoms with Gasteiger partial charge in [0.05, 0.1) is 11.4 Å². The van der Waals surface area contributed by atoms with Gasteiger partial charge >= 0.3 is 0 Å². The number of rotatable bonds is 3. The molecule has 0 unspecified atom stereocenters. The molecule has 4 rings (SSSR count). The van der Waals surface area contributed by atoms with Crippen molar-refractivity contribution in [2.45, 2.75) is 6.54 Å². The Balaban J connectivity index is 1.55. The molecule has 0 aliphatic carbocycles. The van der Waals surface area contributed by atoms with Crippen molar-refractivity contribution in [1.82, 2.24) is 4.90 Å². The van der Waals surface area contributed by atoms with Crippen LogP contribution in [0.5, 0.6) is 11.5 Å². The molecule has 0 spiro atoms. The van der Waals surface area contributed by atoms with Crippen molar-refractivity contribution < 1.29 is 14.3 Å². The van der Waals surface area contributed by atoms with E-state index in [4.69, 9.17) is 33.3 Å². The molecule has 2 aliphatic heterocycles. The van der Waals surface area contributed by atoms with Crippen LogP contribution in [0.3, 0.4) is 0 Å². The molecule has 0 saturated carbocycles. The number of nitrogens with zero attached hydrogens (tertiary/aromatic N) is 1. The molecule has 0 atom stereocenters. The summed E-state index contributed by atoms with van der Waals surface area (Å²) in [6.07, 6.45) is 1.81. The zero-order valence-corrected chi connectivity index (χ0v) is 15.3. The van der Waals surface area contributed by atoms with Crippen LogP contribution in [0.15, 0.2) is 47.4 Å². The molecule has 0 aromatic heterocycles. The molecule has 25 heavy (non-hydrogen) atoms. The summed E-state index contributed by atoms with van der Waals surface area (Å²) < 4.78 is 11.2. The second-order valence-corrected chi connectivity index (χ2v) is 7.62. The number of carbonyl (C=O) groups excluding carboxylic acids is 1. The Hall–Kier alpha value is -2.02. The summed E-state index contributed by atoms with van der Waals surface area (Å²) in [7, 11) is 0. The van der Waals surface area contributed by atoms with Crippen LogP contribution in [0.2, 0.25) is 5.02 Å². The maximum absolute atomic E-state index is 12.7. The Morgan fingerprint density at radius 3 is 2.88 bits per heavy atom. The molecule has 2 aromatic carbocycles. The summed E-state index contributed by atoms with van der Waals surface area (Å²) in [5, 5.41) is 0.629. The number of carbonyl (C=O) groups is 1. The van der Waals surface area contributed by atoms with Crippen molar-refractivity contribution in [3.05, 3.63) is 63.5 Å². The standard InChI is InChI=1S/C18H12ClNO3S2/c19-13-3-1-2-11(6-13)8-16-17(21)20(18(24)25-16)9-12-4-5-14-15(7-12)23-10-22-14/h1-8H,9-10H2/b16-8+. The van der Waals surface area contributed by atoms with Crippen molar-refractivity contribution in [2.24, 2.45) is 0 Å². The van der Waals surface area contributed by atoms with E-state index in [1.54, 1.807) is 11.0 Å². The van der Waals surface area contributed by atoms with Gasteiger partial charge in [-0.3, -0.25) is 9.69 Å².